The number of furan rings is 1. The van der Waals surface area contributed by atoms with E-state index in [4.69, 9.17) is 9.15 Å². The highest BCUT2D eigenvalue weighted by molar-refractivity contribution is 7.21. The van der Waals surface area contributed by atoms with E-state index in [1.165, 1.54) is 11.3 Å². The Morgan fingerprint density at radius 1 is 1.27 bits per heavy atom. The molecule has 1 aliphatic rings. The molecule has 0 radical (unpaired) electrons. The first-order valence-electron chi connectivity index (χ1n) is 9.69. The maximum absolute atomic E-state index is 12.5. The zero-order valence-corrected chi connectivity index (χ0v) is 17.0. The van der Waals surface area contributed by atoms with Gasteiger partial charge >= 0.3 is 5.97 Å². The minimum atomic E-state index is -1.01. The number of pyridine rings is 1. The first-order chi connectivity index (χ1) is 14.5. The van der Waals surface area contributed by atoms with E-state index in [0.717, 1.165) is 24.2 Å². The molecule has 30 heavy (non-hydrogen) atoms. The van der Waals surface area contributed by atoms with E-state index in [-0.39, 0.29) is 11.5 Å². The molecule has 1 fully saturated rings. The molecule has 0 bridgehead atoms. The number of nitrogens with zero attached hydrogens (tertiary/aromatic N) is 2. The number of carbonyl (C=O) groups excluding carboxylic acids is 1. The van der Waals surface area contributed by atoms with E-state index in [1.807, 2.05) is 11.8 Å². The fraction of sp³-hybridized carbons (Fsp3) is 0.227. The zero-order valence-electron chi connectivity index (χ0n) is 16.2. The second-order valence-corrected chi connectivity index (χ2v) is 8.15. The molecule has 0 aliphatic carbocycles. The predicted octanol–water partition coefficient (Wildman–Crippen LogP) is 4.94. The first kappa shape index (κ1) is 18.6. The summed E-state index contributed by atoms with van der Waals surface area (Å²) < 4.78 is 12.6. The number of hydrogen-bond donors (Lipinski definition) is 1. The summed E-state index contributed by atoms with van der Waals surface area (Å²) in [5.41, 5.74) is 1.37. The van der Waals surface area contributed by atoms with Gasteiger partial charge < -0.3 is 19.2 Å². The number of aromatic nitrogens is 1. The monoisotopic (exact) mass is 422 g/mol. The van der Waals surface area contributed by atoms with Crippen molar-refractivity contribution >= 4 is 44.4 Å². The number of aryl methyl sites for hydroxylation is 1. The van der Waals surface area contributed by atoms with Crippen LogP contribution in [0.5, 0.6) is 11.5 Å². The summed E-state index contributed by atoms with van der Waals surface area (Å²) in [6, 6.07) is 8.66. The Kier molecular flexibility index (Phi) is 4.43. The number of ether oxygens (including phenoxy) is 1. The number of hydrogen-bond acceptors (Lipinski definition) is 6. The van der Waals surface area contributed by atoms with Crippen LogP contribution in [0.25, 0.3) is 21.2 Å². The minimum Gasteiger partial charge on any atom is -0.478 e. The van der Waals surface area contributed by atoms with E-state index in [9.17, 15) is 14.7 Å². The van der Waals surface area contributed by atoms with E-state index in [0.29, 0.717) is 45.0 Å². The van der Waals surface area contributed by atoms with Gasteiger partial charge in [0.15, 0.2) is 0 Å². The molecule has 3 aromatic heterocycles. The highest BCUT2D eigenvalue weighted by Gasteiger charge is 2.24. The third-order valence-corrected chi connectivity index (χ3v) is 6.35. The average Bonchev–Trinajstić information content (AvgIpc) is 3.28. The normalized spacial score (nSPS) is 13.6. The molecule has 1 amide bonds. The molecular weight excluding hydrogens is 404 g/mol. The molecule has 1 saturated heterocycles. The smallest absolute Gasteiger partial charge is 0.339 e. The van der Waals surface area contributed by atoms with Gasteiger partial charge in [0, 0.05) is 43.2 Å². The molecule has 1 aliphatic heterocycles. The number of aromatic carboxylic acids is 1. The number of carboxylic acids is 1. The lowest BCUT2D eigenvalue weighted by atomic mass is 10.1. The molecule has 4 aromatic rings. The number of carbonyl (C=O) groups is 2. The van der Waals surface area contributed by atoms with Crippen molar-refractivity contribution in [2.75, 3.05) is 13.1 Å². The van der Waals surface area contributed by atoms with Crippen LogP contribution in [0, 0.1) is 0 Å². The van der Waals surface area contributed by atoms with E-state index >= 15 is 0 Å². The maximum Gasteiger partial charge on any atom is 0.339 e. The lowest BCUT2D eigenvalue weighted by Gasteiger charge is -2.30. The highest BCUT2D eigenvalue weighted by Crippen LogP contribution is 2.37. The molecule has 1 N–H and O–H groups in total. The van der Waals surface area contributed by atoms with Crippen LogP contribution in [0.15, 0.2) is 40.9 Å². The van der Waals surface area contributed by atoms with Crippen LogP contribution in [-0.4, -0.2) is 40.0 Å². The highest BCUT2D eigenvalue weighted by atomic mass is 32.1. The molecule has 152 valence electrons. The third kappa shape index (κ3) is 3.00. The second-order valence-electron chi connectivity index (χ2n) is 7.10. The van der Waals surface area contributed by atoms with Gasteiger partial charge in [-0.3, -0.25) is 9.78 Å². The predicted molar refractivity (Wildman–Crippen MR) is 113 cm³/mol. The lowest BCUT2D eigenvalue weighted by Crippen LogP contribution is -2.41. The molecule has 8 heteroatoms. The Morgan fingerprint density at radius 2 is 2.10 bits per heavy atom. The molecule has 0 atom stereocenters. The van der Waals surface area contributed by atoms with Crippen molar-refractivity contribution in [3.05, 3.63) is 52.7 Å². The van der Waals surface area contributed by atoms with Crippen molar-refractivity contribution in [1.82, 2.24) is 9.88 Å². The fourth-order valence-electron chi connectivity index (χ4n) is 3.58. The SMILES string of the molecule is CCc1oc2cc(Oc3ccnc4cc(C(=O)N5CCC5)sc34)ccc2c1C(=O)O. The van der Waals surface area contributed by atoms with Gasteiger partial charge in [0.05, 0.1) is 15.1 Å². The summed E-state index contributed by atoms with van der Waals surface area (Å²) in [5.74, 6) is 0.571. The van der Waals surface area contributed by atoms with Crippen molar-refractivity contribution in [3.8, 4) is 11.5 Å². The van der Waals surface area contributed by atoms with Crippen LogP contribution in [0.1, 0.15) is 39.1 Å². The second kappa shape index (κ2) is 7.14. The Balaban J connectivity index is 1.50. The number of fused-ring (bicyclic) bond motifs is 2. The van der Waals surface area contributed by atoms with Gasteiger partial charge in [0.25, 0.3) is 5.91 Å². The number of rotatable bonds is 5. The van der Waals surface area contributed by atoms with E-state index < -0.39 is 5.97 Å². The van der Waals surface area contributed by atoms with Crippen LogP contribution >= 0.6 is 11.3 Å². The molecule has 4 heterocycles. The van der Waals surface area contributed by atoms with E-state index in [1.54, 1.807) is 36.5 Å². The Morgan fingerprint density at radius 3 is 2.80 bits per heavy atom. The van der Waals surface area contributed by atoms with Crippen LogP contribution < -0.4 is 4.74 Å². The summed E-state index contributed by atoms with van der Waals surface area (Å²) in [6.45, 7) is 3.45. The Hall–Kier alpha value is -3.39. The molecule has 0 spiro atoms. The van der Waals surface area contributed by atoms with Crippen molar-refractivity contribution in [2.24, 2.45) is 0 Å². The van der Waals surface area contributed by atoms with Gasteiger partial charge in [-0.1, -0.05) is 6.92 Å². The third-order valence-electron chi connectivity index (χ3n) is 5.23. The van der Waals surface area contributed by atoms with Crippen LogP contribution in [0.3, 0.4) is 0 Å². The minimum absolute atomic E-state index is 0.0282. The van der Waals surface area contributed by atoms with Crippen molar-refractivity contribution in [3.63, 3.8) is 0 Å². The standard InChI is InChI=1S/C22H18N2O5S/c1-2-15-19(22(26)27)13-5-4-12(10-17(13)29-15)28-16-6-7-23-14-11-18(30-20(14)16)21(25)24-8-3-9-24/h4-7,10-11H,2-3,8-9H2,1H3,(H,26,27). The largest absolute Gasteiger partial charge is 0.478 e. The summed E-state index contributed by atoms with van der Waals surface area (Å²) >= 11 is 1.37. The fourth-order valence-corrected chi connectivity index (χ4v) is 4.61. The quantitative estimate of drug-likeness (QED) is 0.490. The summed E-state index contributed by atoms with van der Waals surface area (Å²) in [7, 11) is 0. The number of thiophene rings is 1. The van der Waals surface area contributed by atoms with Crippen molar-refractivity contribution in [1.29, 1.82) is 0 Å². The molecule has 0 unspecified atom stereocenters. The molecule has 7 nitrogen and oxygen atoms in total. The van der Waals surface area contributed by atoms with E-state index in [2.05, 4.69) is 4.98 Å². The Bertz CT molecular complexity index is 1300. The Labute approximate surface area is 175 Å². The van der Waals surface area contributed by atoms with Crippen LogP contribution in [-0.2, 0) is 6.42 Å². The molecule has 5 rings (SSSR count). The molecule has 0 saturated carbocycles. The van der Waals surface area contributed by atoms with Crippen LogP contribution in [0.4, 0.5) is 0 Å². The number of benzene rings is 1. The topological polar surface area (TPSA) is 92.9 Å². The summed E-state index contributed by atoms with van der Waals surface area (Å²) in [4.78, 5) is 30.9. The van der Waals surface area contributed by atoms with Gasteiger partial charge in [-0.25, -0.2) is 4.79 Å². The lowest BCUT2D eigenvalue weighted by molar-refractivity contribution is 0.0655. The number of amides is 1. The summed E-state index contributed by atoms with van der Waals surface area (Å²) in [6.07, 6.45) is 3.17. The van der Waals surface area contributed by atoms with Gasteiger partial charge in [-0.2, -0.15) is 0 Å². The number of likely N-dealkylation sites (tertiary alicyclic amines) is 1. The summed E-state index contributed by atoms with van der Waals surface area (Å²) in [5, 5.41) is 10.0. The van der Waals surface area contributed by atoms with Gasteiger partial charge in [-0.15, -0.1) is 11.3 Å². The van der Waals surface area contributed by atoms with Crippen LogP contribution in [0.2, 0.25) is 0 Å². The van der Waals surface area contributed by atoms with Crippen molar-refractivity contribution < 1.29 is 23.8 Å². The zero-order chi connectivity index (χ0) is 20.8. The number of carboxylic acid groups (broad SMARTS) is 1. The van der Waals surface area contributed by atoms with Gasteiger partial charge in [0.1, 0.15) is 28.4 Å². The van der Waals surface area contributed by atoms with Gasteiger partial charge in [0.2, 0.25) is 0 Å². The molecular formula is C22H18N2O5S. The van der Waals surface area contributed by atoms with Gasteiger partial charge in [-0.05, 0) is 24.6 Å². The average molecular weight is 422 g/mol. The van der Waals surface area contributed by atoms with Crippen molar-refractivity contribution in [2.45, 2.75) is 19.8 Å². The molecule has 1 aromatic carbocycles. The maximum atomic E-state index is 12.5. The first-order valence-corrected chi connectivity index (χ1v) is 10.5.